The summed E-state index contributed by atoms with van der Waals surface area (Å²) in [4.78, 5) is 44.0. The maximum absolute atomic E-state index is 13.0. The van der Waals surface area contributed by atoms with Crippen LogP contribution in [0, 0.1) is 5.92 Å². The van der Waals surface area contributed by atoms with Gasteiger partial charge in [-0.2, -0.15) is 4.98 Å². The Morgan fingerprint density at radius 1 is 1.12 bits per heavy atom. The lowest BCUT2D eigenvalue weighted by Gasteiger charge is -2.32. The normalized spacial score (nSPS) is 14.2. The SMILES string of the molecule is CCOC(=O)C1CCN(c2nc(=O)n(CC(=O)NCc3ccc(Cl)cc3)c3ccccc23)CC1. The van der Waals surface area contributed by atoms with Gasteiger partial charge >= 0.3 is 11.7 Å². The zero-order valence-electron chi connectivity index (χ0n) is 19.0. The molecule has 0 saturated carbocycles. The maximum atomic E-state index is 13.0. The molecule has 1 aliphatic heterocycles. The highest BCUT2D eigenvalue weighted by Crippen LogP contribution is 2.28. The summed E-state index contributed by atoms with van der Waals surface area (Å²) in [6.07, 6.45) is 1.29. The number of fused-ring (bicyclic) bond motifs is 1. The fourth-order valence-electron chi connectivity index (χ4n) is 4.20. The molecule has 1 aliphatic rings. The number of piperidine rings is 1. The summed E-state index contributed by atoms with van der Waals surface area (Å²) < 4.78 is 6.54. The van der Waals surface area contributed by atoms with Crippen LogP contribution in [0.5, 0.6) is 0 Å². The van der Waals surface area contributed by atoms with Crippen LogP contribution in [0.15, 0.2) is 53.3 Å². The number of ether oxygens (including phenoxy) is 1. The molecule has 2 heterocycles. The van der Waals surface area contributed by atoms with Crippen molar-refractivity contribution in [1.29, 1.82) is 0 Å². The van der Waals surface area contributed by atoms with Crippen LogP contribution in [-0.4, -0.2) is 41.1 Å². The number of aromatic nitrogens is 2. The molecule has 4 rings (SSSR count). The number of carbonyl (C=O) groups excluding carboxylic acids is 2. The average Bonchev–Trinajstić information content (AvgIpc) is 2.85. The maximum Gasteiger partial charge on any atom is 0.350 e. The first-order valence-electron chi connectivity index (χ1n) is 11.4. The van der Waals surface area contributed by atoms with Crippen LogP contribution in [0.25, 0.3) is 10.9 Å². The third-order valence-corrected chi connectivity index (χ3v) is 6.24. The van der Waals surface area contributed by atoms with Crippen molar-refractivity contribution in [2.45, 2.75) is 32.9 Å². The molecule has 0 radical (unpaired) electrons. The second kappa shape index (κ2) is 10.7. The van der Waals surface area contributed by atoms with Crippen molar-refractivity contribution in [2.24, 2.45) is 5.92 Å². The van der Waals surface area contributed by atoms with Crippen LogP contribution >= 0.6 is 11.6 Å². The second-order valence-corrected chi connectivity index (χ2v) is 8.67. The van der Waals surface area contributed by atoms with Crippen molar-refractivity contribution >= 4 is 40.2 Å². The van der Waals surface area contributed by atoms with Gasteiger partial charge in [0, 0.05) is 30.0 Å². The third-order valence-electron chi connectivity index (χ3n) is 5.99. The van der Waals surface area contributed by atoms with E-state index in [-0.39, 0.29) is 24.3 Å². The Labute approximate surface area is 202 Å². The van der Waals surface area contributed by atoms with Crippen LogP contribution in [0.2, 0.25) is 5.02 Å². The molecule has 34 heavy (non-hydrogen) atoms. The van der Waals surface area contributed by atoms with Gasteiger partial charge in [0.25, 0.3) is 0 Å². The third kappa shape index (κ3) is 5.39. The summed E-state index contributed by atoms with van der Waals surface area (Å²) in [5, 5.41) is 4.26. The van der Waals surface area contributed by atoms with Gasteiger partial charge in [-0.1, -0.05) is 35.9 Å². The van der Waals surface area contributed by atoms with Gasteiger partial charge in [-0.3, -0.25) is 14.2 Å². The molecular formula is C25H27ClN4O4. The van der Waals surface area contributed by atoms with Crippen LogP contribution in [0.3, 0.4) is 0 Å². The summed E-state index contributed by atoms with van der Waals surface area (Å²) in [5.41, 5.74) is 1.07. The number of amides is 1. The Morgan fingerprint density at radius 2 is 1.82 bits per heavy atom. The first kappa shape index (κ1) is 23.8. The van der Waals surface area contributed by atoms with E-state index in [1.807, 2.05) is 41.3 Å². The molecule has 8 nitrogen and oxygen atoms in total. The lowest BCUT2D eigenvalue weighted by Crippen LogP contribution is -2.39. The minimum atomic E-state index is -0.483. The van der Waals surface area contributed by atoms with E-state index in [4.69, 9.17) is 16.3 Å². The number of para-hydroxylation sites is 1. The summed E-state index contributed by atoms with van der Waals surface area (Å²) in [6.45, 7) is 3.58. The number of benzene rings is 2. The molecule has 1 N–H and O–H groups in total. The highest BCUT2D eigenvalue weighted by molar-refractivity contribution is 6.30. The second-order valence-electron chi connectivity index (χ2n) is 8.24. The summed E-state index contributed by atoms with van der Waals surface area (Å²) in [7, 11) is 0. The number of rotatable bonds is 7. The Morgan fingerprint density at radius 3 is 2.53 bits per heavy atom. The number of carbonyl (C=O) groups is 2. The van der Waals surface area contributed by atoms with E-state index in [2.05, 4.69) is 10.3 Å². The lowest BCUT2D eigenvalue weighted by atomic mass is 9.97. The standard InChI is InChI=1S/C25H27ClN4O4/c1-2-34-24(32)18-11-13-29(14-12-18)23-20-5-3-4-6-21(20)30(25(33)28-23)16-22(31)27-15-17-7-9-19(26)10-8-17/h3-10,18H,2,11-16H2,1H3,(H,27,31). The predicted molar refractivity (Wildman–Crippen MR) is 131 cm³/mol. The molecule has 9 heteroatoms. The van der Waals surface area contributed by atoms with Crippen LogP contribution in [0.4, 0.5) is 5.82 Å². The quantitative estimate of drug-likeness (QED) is 0.520. The number of halogens is 1. The van der Waals surface area contributed by atoms with Gasteiger partial charge in [0.1, 0.15) is 12.4 Å². The molecule has 1 aromatic heterocycles. The van der Waals surface area contributed by atoms with E-state index >= 15 is 0 Å². The van der Waals surface area contributed by atoms with Gasteiger partial charge in [0.2, 0.25) is 5.91 Å². The monoisotopic (exact) mass is 482 g/mol. The van der Waals surface area contributed by atoms with E-state index in [1.54, 1.807) is 19.1 Å². The summed E-state index contributed by atoms with van der Waals surface area (Å²) in [5.74, 6) is -0.0000899. The number of nitrogens with zero attached hydrogens (tertiary/aromatic N) is 3. The van der Waals surface area contributed by atoms with E-state index in [1.165, 1.54) is 4.57 Å². The smallest absolute Gasteiger partial charge is 0.350 e. The van der Waals surface area contributed by atoms with Crippen LogP contribution in [0.1, 0.15) is 25.3 Å². The van der Waals surface area contributed by atoms with Gasteiger partial charge in [-0.25, -0.2) is 4.79 Å². The Kier molecular flexibility index (Phi) is 7.47. The molecular weight excluding hydrogens is 456 g/mol. The highest BCUT2D eigenvalue weighted by atomic mass is 35.5. The average molecular weight is 483 g/mol. The van der Waals surface area contributed by atoms with Gasteiger partial charge in [0.15, 0.2) is 0 Å². The first-order valence-corrected chi connectivity index (χ1v) is 11.8. The minimum Gasteiger partial charge on any atom is -0.466 e. The Balaban J connectivity index is 1.51. The topological polar surface area (TPSA) is 93.5 Å². The molecule has 178 valence electrons. The predicted octanol–water partition coefficient (Wildman–Crippen LogP) is 3.15. The molecule has 2 aromatic carbocycles. The molecule has 3 aromatic rings. The van der Waals surface area contributed by atoms with E-state index in [9.17, 15) is 14.4 Å². The first-order chi connectivity index (χ1) is 16.5. The lowest BCUT2D eigenvalue weighted by molar-refractivity contribution is -0.148. The largest absolute Gasteiger partial charge is 0.466 e. The van der Waals surface area contributed by atoms with Crippen LogP contribution in [-0.2, 0) is 27.4 Å². The number of nitrogens with one attached hydrogen (secondary N) is 1. The van der Waals surface area contributed by atoms with E-state index < -0.39 is 5.69 Å². The highest BCUT2D eigenvalue weighted by Gasteiger charge is 2.28. The Bertz CT molecular complexity index is 1230. The molecule has 0 atom stereocenters. The van der Waals surface area contributed by atoms with Crippen molar-refractivity contribution in [3.63, 3.8) is 0 Å². The zero-order valence-corrected chi connectivity index (χ0v) is 19.8. The van der Waals surface area contributed by atoms with Gasteiger partial charge < -0.3 is 15.0 Å². The molecule has 1 amide bonds. The van der Waals surface area contributed by atoms with Crippen molar-refractivity contribution < 1.29 is 14.3 Å². The molecule has 1 fully saturated rings. The zero-order chi connectivity index (χ0) is 24.1. The van der Waals surface area contributed by atoms with Crippen molar-refractivity contribution in [1.82, 2.24) is 14.9 Å². The summed E-state index contributed by atoms with van der Waals surface area (Å²) in [6, 6.07) is 14.6. The van der Waals surface area contributed by atoms with Gasteiger partial charge in [0.05, 0.1) is 18.0 Å². The van der Waals surface area contributed by atoms with Crippen molar-refractivity contribution in [3.05, 3.63) is 69.6 Å². The van der Waals surface area contributed by atoms with Gasteiger partial charge in [-0.15, -0.1) is 0 Å². The fourth-order valence-corrected chi connectivity index (χ4v) is 4.32. The fraction of sp³-hybridized carbons (Fsp3) is 0.360. The van der Waals surface area contributed by atoms with Crippen molar-refractivity contribution in [3.8, 4) is 0 Å². The molecule has 0 spiro atoms. The molecule has 1 saturated heterocycles. The summed E-state index contributed by atoms with van der Waals surface area (Å²) >= 11 is 5.90. The molecule has 0 unspecified atom stereocenters. The van der Waals surface area contributed by atoms with Crippen molar-refractivity contribution in [2.75, 3.05) is 24.6 Å². The van der Waals surface area contributed by atoms with Gasteiger partial charge in [-0.05, 0) is 49.6 Å². The molecule has 0 aliphatic carbocycles. The minimum absolute atomic E-state index is 0.132. The van der Waals surface area contributed by atoms with E-state index in [0.29, 0.717) is 55.4 Å². The van der Waals surface area contributed by atoms with E-state index in [0.717, 1.165) is 10.9 Å². The Hall–Kier alpha value is -3.39. The number of hydrogen-bond acceptors (Lipinski definition) is 6. The number of esters is 1. The van der Waals surface area contributed by atoms with Crippen LogP contribution < -0.4 is 15.9 Å². The number of hydrogen-bond donors (Lipinski definition) is 1. The molecule has 0 bridgehead atoms. The number of anilines is 1.